The van der Waals surface area contributed by atoms with E-state index in [1.165, 1.54) is 36.6 Å². The maximum atomic E-state index is 11.7. The Morgan fingerprint density at radius 3 is 3.00 bits per heavy atom. The molecule has 6 heteroatoms. The first kappa shape index (κ1) is 11.0. The van der Waals surface area contributed by atoms with E-state index in [0.29, 0.717) is 11.7 Å². The second kappa shape index (κ2) is 3.82. The van der Waals surface area contributed by atoms with Crippen LogP contribution in [0.5, 0.6) is 0 Å². The van der Waals surface area contributed by atoms with Gasteiger partial charge in [-0.05, 0) is 31.1 Å². The van der Waals surface area contributed by atoms with Gasteiger partial charge in [0, 0.05) is 13.1 Å². The van der Waals surface area contributed by atoms with E-state index in [1.54, 1.807) is 7.05 Å². The summed E-state index contributed by atoms with van der Waals surface area (Å²) in [6.45, 7) is 0. The van der Waals surface area contributed by atoms with Gasteiger partial charge in [0.05, 0.1) is 0 Å². The number of nitrogens with one attached hydrogen (secondary N) is 2. The average Bonchev–Trinajstić information content (AvgIpc) is 3.08. The summed E-state index contributed by atoms with van der Waals surface area (Å²) in [5.41, 5.74) is 1.23. The van der Waals surface area contributed by atoms with Crippen LogP contribution in [0.2, 0.25) is 0 Å². The van der Waals surface area contributed by atoms with Gasteiger partial charge in [-0.2, -0.15) is 0 Å². The highest BCUT2D eigenvalue weighted by Gasteiger charge is 2.39. The summed E-state index contributed by atoms with van der Waals surface area (Å²) in [6.07, 6.45) is 6.79. The molecule has 0 radical (unpaired) electrons. The normalized spacial score (nSPS) is 29.2. The Hall–Kier alpha value is -1.85. The van der Waals surface area contributed by atoms with Crippen LogP contribution < -0.4 is 11.0 Å². The molecule has 0 spiro atoms. The van der Waals surface area contributed by atoms with Crippen LogP contribution >= 0.6 is 0 Å². The van der Waals surface area contributed by atoms with E-state index < -0.39 is 0 Å². The number of hydrogen-bond donors (Lipinski definition) is 2. The second-order valence-electron chi connectivity index (χ2n) is 5.84. The zero-order valence-corrected chi connectivity index (χ0v) is 10.9. The molecule has 0 amide bonds. The third-order valence-corrected chi connectivity index (χ3v) is 4.74. The van der Waals surface area contributed by atoms with Gasteiger partial charge in [-0.3, -0.25) is 4.57 Å². The van der Waals surface area contributed by atoms with Gasteiger partial charge < -0.3 is 10.3 Å². The SMILES string of the molecule is Cn1c(=O)[nH]c2c(N[C@@H]3C[C@@H]4CC[C@H]3C4)ncnc21. The predicted molar refractivity (Wildman–Crippen MR) is 72.0 cm³/mol. The lowest BCUT2D eigenvalue weighted by Gasteiger charge is -2.23. The molecule has 2 saturated carbocycles. The Labute approximate surface area is 110 Å². The Kier molecular flexibility index (Phi) is 2.22. The Morgan fingerprint density at radius 2 is 2.26 bits per heavy atom. The lowest BCUT2D eigenvalue weighted by molar-refractivity contribution is 0.439. The molecule has 2 aromatic rings. The van der Waals surface area contributed by atoms with Crippen molar-refractivity contribution in [2.24, 2.45) is 18.9 Å². The van der Waals surface area contributed by atoms with Crippen LogP contribution in [0.1, 0.15) is 25.7 Å². The predicted octanol–water partition coefficient (Wildman–Crippen LogP) is 1.26. The van der Waals surface area contributed by atoms with Crippen LogP contribution in [-0.2, 0) is 7.05 Å². The third kappa shape index (κ3) is 1.59. The van der Waals surface area contributed by atoms with Crippen molar-refractivity contribution in [1.29, 1.82) is 0 Å². The van der Waals surface area contributed by atoms with Crippen molar-refractivity contribution in [2.75, 3.05) is 5.32 Å². The van der Waals surface area contributed by atoms with Crippen molar-refractivity contribution in [2.45, 2.75) is 31.7 Å². The molecule has 4 rings (SSSR count). The monoisotopic (exact) mass is 259 g/mol. The number of H-pyrrole nitrogens is 1. The standard InChI is InChI=1S/C13H17N5O/c1-18-12-10(17-13(18)19)11(14-6-15-12)16-9-5-7-2-3-8(9)4-7/h6-9H,2-5H2,1H3,(H,17,19)(H,14,15,16)/t7-,8+,9-/m1/s1. The van der Waals surface area contributed by atoms with Gasteiger partial charge >= 0.3 is 5.69 Å². The molecule has 6 nitrogen and oxygen atoms in total. The number of aryl methyl sites for hydroxylation is 1. The van der Waals surface area contributed by atoms with Crippen LogP contribution in [-0.4, -0.2) is 25.6 Å². The molecule has 0 aromatic carbocycles. The molecule has 0 aliphatic heterocycles. The number of aromatic amines is 1. The van der Waals surface area contributed by atoms with Gasteiger partial charge in [-0.25, -0.2) is 14.8 Å². The highest BCUT2D eigenvalue weighted by atomic mass is 16.1. The number of fused-ring (bicyclic) bond motifs is 3. The molecule has 2 aromatic heterocycles. The average molecular weight is 259 g/mol. The van der Waals surface area contributed by atoms with Crippen LogP contribution in [0.15, 0.2) is 11.1 Å². The quantitative estimate of drug-likeness (QED) is 0.851. The molecule has 19 heavy (non-hydrogen) atoms. The number of hydrogen-bond acceptors (Lipinski definition) is 4. The summed E-state index contributed by atoms with van der Waals surface area (Å²) in [4.78, 5) is 23.0. The highest BCUT2D eigenvalue weighted by Crippen LogP contribution is 2.45. The van der Waals surface area contributed by atoms with Gasteiger partial charge in [-0.15, -0.1) is 0 Å². The molecular formula is C13H17N5O. The van der Waals surface area contributed by atoms with E-state index in [4.69, 9.17) is 0 Å². The van der Waals surface area contributed by atoms with E-state index in [1.807, 2.05) is 0 Å². The first-order chi connectivity index (χ1) is 9.22. The topological polar surface area (TPSA) is 75.6 Å². The number of anilines is 1. The fraction of sp³-hybridized carbons (Fsp3) is 0.615. The van der Waals surface area contributed by atoms with Crippen LogP contribution in [0.3, 0.4) is 0 Å². The molecule has 100 valence electrons. The Balaban J connectivity index is 1.71. The fourth-order valence-electron chi connectivity index (χ4n) is 3.74. The first-order valence-electron chi connectivity index (χ1n) is 6.88. The van der Waals surface area contributed by atoms with Crippen molar-refractivity contribution < 1.29 is 0 Å². The van der Waals surface area contributed by atoms with Crippen LogP contribution in [0.4, 0.5) is 5.82 Å². The molecule has 2 N–H and O–H groups in total. The number of rotatable bonds is 2. The van der Waals surface area contributed by atoms with Gasteiger partial charge in [-0.1, -0.05) is 6.42 Å². The minimum Gasteiger partial charge on any atom is -0.365 e. The minimum atomic E-state index is -0.147. The van der Waals surface area contributed by atoms with E-state index in [2.05, 4.69) is 20.3 Å². The summed E-state index contributed by atoms with van der Waals surface area (Å²) < 4.78 is 1.52. The maximum Gasteiger partial charge on any atom is 0.327 e. The van der Waals surface area contributed by atoms with Gasteiger partial charge in [0.25, 0.3) is 0 Å². The number of aromatic nitrogens is 4. The van der Waals surface area contributed by atoms with E-state index in [-0.39, 0.29) is 5.69 Å². The molecule has 2 aliphatic carbocycles. The van der Waals surface area contributed by atoms with Crippen LogP contribution in [0.25, 0.3) is 11.2 Å². The third-order valence-electron chi connectivity index (χ3n) is 4.74. The maximum absolute atomic E-state index is 11.7. The minimum absolute atomic E-state index is 0.147. The Morgan fingerprint density at radius 1 is 1.37 bits per heavy atom. The second-order valence-corrected chi connectivity index (χ2v) is 5.84. The summed E-state index contributed by atoms with van der Waals surface area (Å²) >= 11 is 0. The largest absolute Gasteiger partial charge is 0.365 e. The molecule has 2 fully saturated rings. The molecule has 2 bridgehead atoms. The summed E-state index contributed by atoms with van der Waals surface area (Å²) in [7, 11) is 1.72. The molecule has 2 aliphatic rings. The van der Waals surface area contributed by atoms with E-state index in [0.717, 1.165) is 23.2 Å². The summed E-state index contributed by atoms with van der Waals surface area (Å²) in [5, 5.41) is 3.52. The molecule has 0 saturated heterocycles. The Bertz CT molecular complexity index is 688. The van der Waals surface area contributed by atoms with E-state index in [9.17, 15) is 4.79 Å². The zero-order chi connectivity index (χ0) is 13.0. The fourth-order valence-corrected chi connectivity index (χ4v) is 3.74. The summed E-state index contributed by atoms with van der Waals surface area (Å²) in [6, 6.07) is 0.501. The van der Waals surface area contributed by atoms with Crippen LogP contribution in [0, 0.1) is 11.8 Å². The molecule has 3 atom stereocenters. The first-order valence-corrected chi connectivity index (χ1v) is 6.88. The van der Waals surface area contributed by atoms with Gasteiger partial charge in [0.1, 0.15) is 11.8 Å². The lowest BCUT2D eigenvalue weighted by atomic mass is 9.95. The highest BCUT2D eigenvalue weighted by molar-refractivity contribution is 5.82. The number of imidazole rings is 1. The van der Waals surface area contributed by atoms with Crippen molar-refractivity contribution in [3.05, 3.63) is 16.8 Å². The lowest BCUT2D eigenvalue weighted by Crippen LogP contribution is -2.26. The van der Waals surface area contributed by atoms with Crippen molar-refractivity contribution in [1.82, 2.24) is 19.5 Å². The van der Waals surface area contributed by atoms with E-state index >= 15 is 0 Å². The molecular weight excluding hydrogens is 242 g/mol. The molecule has 0 unspecified atom stereocenters. The van der Waals surface area contributed by atoms with Crippen molar-refractivity contribution in [3.8, 4) is 0 Å². The summed E-state index contributed by atoms with van der Waals surface area (Å²) in [5.74, 6) is 2.42. The van der Waals surface area contributed by atoms with Crippen molar-refractivity contribution in [3.63, 3.8) is 0 Å². The number of nitrogens with zero attached hydrogens (tertiary/aromatic N) is 3. The zero-order valence-electron chi connectivity index (χ0n) is 10.9. The van der Waals surface area contributed by atoms with Gasteiger partial charge in [0.2, 0.25) is 0 Å². The molecule has 2 heterocycles. The smallest absolute Gasteiger partial charge is 0.327 e. The van der Waals surface area contributed by atoms with Crippen molar-refractivity contribution >= 4 is 17.0 Å². The van der Waals surface area contributed by atoms with Gasteiger partial charge in [0.15, 0.2) is 11.5 Å².